The summed E-state index contributed by atoms with van der Waals surface area (Å²) in [5.74, 6) is -0.878. The molecule has 1 saturated heterocycles. The molecule has 0 atom stereocenters. The number of nitrogens with one attached hydrogen (secondary N) is 6. The highest BCUT2D eigenvalue weighted by molar-refractivity contribution is 6.00. The van der Waals surface area contributed by atoms with Crippen LogP contribution in [-0.2, 0) is 9.59 Å². The number of rotatable bonds is 9. The Morgan fingerprint density at radius 1 is 0.548 bits per heavy atom. The molecule has 0 unspecified atom stereocenters. The summed E-state index contributed by atoms with van der Waals surface area (Å²) in [6.07, 6.45) is 10.3. The lowest BCUT2D eigenvalue weighted by Gasteiger charge is -2.17. The number of hydrogen-bond acceptors (Lipinski definition) is 6. The zero-order chi connectivity index (χ0) is 22.4. The van der Waals surface area contributed by atoms with Crippen molar-refractivity contribution in [2.45, 2.75) is 64.7 Å². The molecule has 0 saturated carbocycles. The lowest BCUT2D eigenvalue weighted by molar-refractivity contribution is -0.135. The highest BCUT2D eigenvalue weighted by Crippen LogP contribution is 2.14. The largest absolute Gasteiger partial charge is 0.354 e. The predicted octanol–water partition coefficient (Wildman–Crippen LogP) is 0.738. The van der Waals surface area contributed by atoms with E-state index in [9.17, 15) is 9.59 Å². The molecular formula is C23H48N6O2. The van der Waals surface area contributed by atoms with E-state index >= 15 is 0 Å². The van der Waals surface area contributed by atoms with Gasteiger partial charge in [-0.3, -0.25) is 9.59 Å². The predicted molar refractivity (Wildman–Crippen MR) is 128 cm³/mol. The van der Waals surface area contributed by atoms with E-state index in [1.807, 2.05) is 0 Å². The Hall–Kier alpha value is -1.22. The summed E-state index contributed by atoms with van der Waals surface area (Å²) in [4.78, 5) is 25.3. The average molecular weight is 441 g/mol. The molecule has 182 valence electrons. The summed E-state index contributed by atoms with van der Waals surface area (Å²) in [5, 5.41) is 19.3. The molecule has 1 heterocycles. The van der Waals surface area contributed by atoms with Gasteiger partial charge in [0.1, 0.15) is 5.92 Å². The van der Waals surface area contributed by atoms with Crippen LogP contribution in [-0.4, -0.2) is 77.3 Å². The van der Waals surface area contributed by atoms with Crippen LogP contribution >= 0.6 is 0 Å². The first-order valence-corrected chi connectivity index (χ1v) is 12.6. The second-order valence-electron chi connectivity index (χ2n) is 8.40. The van der Waals surface area contributed by atoms with Crippen LogP contribution in [0.3, 0.4) is 0 Å². The molecule has 1 rings (SSSR count). The molecule has 0 aromatic carbocycles. The van der Waals surface area contributed by atoms with Gasteiger partial charge in [0.05, 0.1) is 0 Å². The summed E-state index contributed by atoms with van der Waals surface area (Å²) < 4.78 is 0. The van der Waals surface area contributed by atoms with Gasteiger partial charge in [-0.1, -0.05) is 58.3 Å². The molecule has 1 fully saturated rings. The lowest BCUT2D eigenvalue weighted by atomic mass is 9.98. The van der Waals surface area contributed by atoms with Gasteiger partial charge in [0.15, 0.2) is 0 Å². The molecule has 1 aliphatic heterocycles. The molecule has 6 N–H and O–H groups in total. The van der Waals surface area contributed by atoms with Gasteiger partial charge in [0.25, 0.3) is 0 Å². The van der Waals surface area contributed by atoms with Crippen LogP contribution in [0.5, 0.6) is 0 Å². The molecular weight excluding hydrogens is 392 g/mol. The zero-order valence-electron chi connectivity index (χ0n) is 19.8. The van der Waals surface area contributed by atoms with Crippen LogP contribution in [0.25, 0.3) is 0 Å². The normalized spacial score (nSPS) is 19.6. The third-order valence-electron chi connectivity index (χ3n) is 5.62. The van der Waals surface area contributed by atoms with Crippen LogP contribution in [0.1, 0.15) is 64.7 Å². The first-order chi connectivity index (χ1) is 15.3. The zero-order valence-corrected chi connectivity index (χ0v) is 19.8. The summed E-state index contributed by atoms with van der Waals surface area (Å²) in [6.45, 7) is 10.1. The van der Waals surface area contributed by atoms with E-state index in [4.69, 9.17) is 0 Å². The fraction of sp³-hybridized carbons (Fsp3) is 0.913. The van der Waals surface area contributed by atoms with Gasteiger partial charge in [0, 0.05) is 65.4 Å². The Morgan fingerprint density at radius 3 is 1.32 bits per heavy atom. The summed E-state index contributed by atoms with van der Waals surface area (Å²) in [5.41, 5.74) is 0. The minimum absolute atomic E-state index is 0.143. The average Bonchev–Trinajstić information content (AvgIpc) is 2.77. The molecule has 0 aliphatic carbocycles. The van der Waals surface area contributed by atoms with Crippen molar-refractivity contribution in [3.63, 3.8) is 0 Å². The van der Waals surface area contributed by atoms with Gasteiger partial charge in [-0.2, -0.15) is 0 Å². The number of hydrogen-bond donors (Lipinski definition) is 6. The van der Waals surface area contributed by atoms with Crippen LogP contribution < -0.4 is 31.9 Å². The molecule has 8 nitrogen and oxygen atoms in total. The van der Waals surface area contributed by atoms with E-state index in [0.717, 1.165) is 52.1 Å². The number of amides is 2. The maximum atomic E-state index is 12.7. The van der Waals surface area contributed by atoms with E-state index in [0.29, 0.717) is 32.6 Å². The monoisotopic (exact) mass is 440 g/mol. The molecule has 2 amide bonds. The summed E-state index contributed by atoms with van der Waals surface area (Å²) >= 11 is 0. The minimum atomic E-state index is -0.592. The van der Waals surface area contributed by atoms with Crippen LogP contribution in [0.4, 0.5) is 0 Å². The van der Waals surface area contributed by atoms with Crippen LogP contribution in [0, 0.1) is 5.92 Å². The van der Waals surface area contributed by atoms with Gasteiger partial charge < -0.3 is 31.9 Å². The Kier molecular flexibility index (Phi) is 18.5. The second-order valence-corrected chi connectivity index (χ2v) is 8.40. The molecule has 8 heteroatoms. The standard InChI is InChI=1S/C23H48N6O2/c1-2-3-4-5-6-7-8-9-10-21-22(30)28-19-17-26-15-13-24-11-12-25-14-16-27-18-20-29-23(21)31/h21,24-27H,2-20H2,1H3,(H,28,30)(H,29,31). The maximum Gasteiger partial charge on any atom is 0.232 e. The van der Waals surface area contributed by atoms with E-state index in [-0.39, 0.29) is 11.8 Å². The molecule has 0 aromatic rings. The molecule has 0 spiro atoms. The number of carbonyl (C=O) groups excluding carboxylic acids is 2. The SMILES string of the molecule is CCCCCCCCCCC1C(=O)NCCNCCNCCNCCNCCNC1=O. The van der Waals surface area contributed by atoms with Gasteiger partial charge in [-0.25, -0.2) is 0 Å². The first kappa shape index (κ1) is 27.8. The molecule has 0 aromatic heterocycles. The topological polar surface area (TPSA) is 106 Å². The maximum absolute atomic E-state index is 12.7. The smallest absolute Gasteiger partial charge is 0.232 e. The van der Waals surface area contributed by atoms with Crippen LogP contribution in [0.15, 0.2) is 0 Å². The molecule has 1 aliphatic rings. The number of unbranched alkanes of at least 4 members (excludes halogenated alkanes) is 7. The van der Waals surface area contributed by atoms with Gasteiger partial charge in [-0.15, -0.1) is 0 Å². The Bertz CT molecular complexity index is 420. The Balaban J connectivity index is 2.39. The summed E-state index contributed by atoms with van der Waals surface area (Å²) in [7, 11) is 0. The lowest BCUT2D eigenvalue weighted by Crippen LogP contribution is -2.44. The highest BCUT2D eigenvalue weighted by atomic mass is 16.2. The fourth-order valence-electron chi connectivity index (χ4n) is 3.69. The number of carbonyl (C=O) groups is 2. The third kappa shape index (κ3) is 16.1. The van der Waals surface area contributed by atoms with Crippen molar-refractivity contribution in [3.8, 4) is 0 Å². The van der Waals surface area contributed by atoms with Crippen molar-refractivity contribution < 1.29 is 9.59 Å². The Morgan fingerprint density at radius 2 is 0.903 bits per heavy atom. The molecule has 0 bridgehead atoms. The highest BCUT2D eigenvalue weighted by Gasteiger charge is 2.25. The van der Waals surface area contributed by atoms with Gasteiger partial charge in [-0.05, 0) is 6.42 Å². The van der Waals surface area contributed by atoms with Gasteiger partial charge >= 0.3 is 0 Å². The Labute approximate surface area is 189 Å². The van der Waals surface area contributed by atoms with Crippen LogP contribution in [0.2, 0.25) is 0 Å². The quantitative estimate of drug-likeness (QED) is 0.233. The van der Waals surface area contributed by atoms with Crippen molar-refractivity contribution in [2.75, 3.05) is 65.4 Å². The third-order valence-corrected chi connectivity index (χ3v) is 5.62. The van der Waals surface area contributed by atoms with Gasteiger partial charge in [0.2, 0.25) is 11.8 Å². The first-order valence-electron chi connectivity index (χ1n) is 12.6. The minimum Gasteiger partial charge on any atom is -0.354 e. The molecule has 0 radical (unpaired) electrons. The van der Waals surface area contributed by atoms with E-state index in [1.165, 1.54) is 38.5 Å². The van der Waals surface area contributed by atoms with Crippen molar-refractivity contribution in [2.24, 2.45) is 5.92 Å². The van der Waals surface area contributed by atoms with Crippen molar-refractivity contribution in [1.29, 1.82) is 0 Å². The van der Waals surface area contributed by atoms with E-state index < -0.39 is 5.92 Å². The van der Waals surface area contributed by atoms with Crippen molar-refractivity contribution >= 4 is 11.8 Å². The summed E-state index contributed by atoms with van der Waals surface area (Å²) in [6, 6.07) is 0. The van der Waals surface area contributed by atoms with Crippen molar-refractivity contribution in [3.05, 3.63) is 0 Å². The fourth-order valence-corrected chi connectivity index (χ4v) is 3.69. The van der Waals surface area contributed by atoms with E-state index in [1.54, 1.807) is 0 Å². The second kappa shape index (κ2) is 20.7. The van der Waals surface area contributed by atoms with Crippen molar-refractivity contribution in [1.82, 2.24) is 31.9 Å². The van der Waals surface area contributed by atoms with E-state index in [2.05, 4.69) is 38.8 Å². The molecule has 31 heavy (non-hydrogen) atoms.